The predicted molar refractivity (Wildman–Crippen MR) is 71.1 cm³/mol. The van der Waals surface area contributed by atoms with Crippen LogP contribution in [-0.2, 0) is 6.54 Å². The number of aromatic nitrogens is 2. The van der Waals surface area contributed by atoms with Gasteiger partial charge in [0.25, 0.3) is 0 Å². The van der Waals surface area contributed by atoms with Crippen LogP contribution < -0.4 is 4.74 Å². The first-order valence-corrected chi connectivity index (χ1v) is 6.06. The van der Waals surface area contributed by atoms with Gasteiger partial charge in [0.05, 0.1) is 19.9 Å². The standard InChI is InChI=1S/C13H23N3O2/c1-13(2,3)12(17)11-10(18-6)9-14-16(11)8-7-15(4)5/h9H,7-8H2,1-6H3. The van der Waals surface area contributed by atoms with Gasteiger partial charge in [-0.25, -0.2) is 0 Å². The maximum Gasteiger partial charge on any atom is 0.189 e. The summed E-state index contributed by atoms with van der Waals surface area (Å²) in [5, 5.41) is 4.24. The summed E-state index contributed by atoms with van der Waals surface area (Å²) in [5.74, 6) is 0.601. The fourth-order valence-corrected chi connectivity index (χ4v) is 1.57. The number of rotatable bonds is 5. The first kappa shape index (κ1) is 14.7. The summed E-state index contributed by atoms with van der Waals surface area (Å²) >= 11 is 0. The predicted octanol–water partition coefficient (Wildman–Crippen LogP) is 1.68. The van der Waals surface area contributed by atoms with E-state index in [1.165, 1.54) is 0 Å². The molecule has 0 aliphatic carbocycles. The highest BCUT2D eigenvalue weighted by atomic mass is 16.5. The number of ether oxygens (including phenoxy) is 1. The molecule has 0 aliphatic heterocycles. The molecule has 0 spiro atoms. The van der Waals surface area contributed by atoms with Crippen molar-refractivity contribution in [3.05, 3.63) is 11.9 Å². The molecule has 0 atom stereocenters. The van der Waals surface area contributed by atoms with Gasteiger partial charge in [0.15, 0.2) is 11.5 Å². The molecule has 0 aromatic carbocycles. The average Bonchev–Trinajstić information content (AvgIpc) is 2.66. The molecule has 1 heterocycles. The van der Waals surface area contributed by atoms with Crippen LogP contribution in [0.2, 0.25) is 0 Å². The Balaban J connectivity index is 3.06. The minimum atomic E-state index is -0.441. The smallest absolute Gasteiger partial charge is 0.189 e. The summed E-state index contributed by atoms with van der Waals surface area (Å²) in [6.07, 6.45) is 1.61. The van der Waals surface area contributed by atoms with E-state index < -0.39 is 5.41 Å². The van der Waals surface area contributed by atoms with Crippen LogP contribution in [0.15, 0.2) is 6.20 Å². The Morgan fingerprint density at radius 1 is 1.44 bits per heavy atom. The van der Waals surface area contributed by atoms with Crippen molar-refractivity contribution in [1.29, 1.82) is 0 Å². The summed E-state index contributed by atoms with van der Waals surface area (Å²) < 4.78 is 6.96. The molecule has 0 saturated heterocycles. The molecule has 1 aromatic heterocycles. The van der Waals surface area contributed by atoms with Crippen molar-refractivity contribution in [3.8, 4) is 5.75 Å². The van der Waals surface area contributed by atoms with Gasteiger partial charge in [0, 0.05) is 12.0 Å². The zero-order valence-corrected chi connectivity index (χ0v) is 12.1. The van der Waals surface area contributed by atoms with Crippen molar-refractivity contribution in [2.75, 3.05) is 27.7 Å². The molecule has 0 amide bonds. The molecule has 18 heavy (non-hydrogen) atoms. The quantitative estimate of drug-likeness (QED) is 0.749. The fraction of sp³-hybridized carbons (Fsp3) is 0.692. The Hall–Kier alpha value is -1.36. The van der Waals surface area contributed by atoms with Gasteiger partial charge >= 0.3 is 0 Å². The third kappa shape index (κ3) is 3.32. The number of likely N-dealkylation sites (N-methyl/N-ethyl adjacent to an activating group) is 1. The van der Waals surface area contributed by atoms with Crippen LogP contribution in [0, 0.1) is 5.41 Å². The van der Waals surface area contributed by atoms with E-state index >= 15 is 0 Å². The van der Waals surface area contributed by atoms with Crippen LogP contribution in [0.3, 0.4) is 0 Å². The lowest BCUT2D eigenvalue weighted by molar-refractivity contribution is 0.0842. The highest BCUT2D eigenvalue weighted by molar-refractivity contribution is 6.00. The van der Waals surface area contributed by atoms with Crippen molar-refractivity contribution in [3.63, 3.8) is 0 Å². The highest BCUT2D eigenvalue weighted by Gasteiger charge is 2.29. The number of hydrogen-bond acceptors (Lipinski definition) is 4. The van der Waals surface area contributed by atoms with Gasteiger partial charge in [-0.3, -0.25) is 9.48 Å². The molecule has 0 saturated carbocycles. The third-order valence-electron chi connectivity index (χ3n) is 2.68. The maximum atomic E-state index is 12.4. The molecule has 1 rings (SSSR count). The average molecular weight is 253 g/mol. The number of ketones is 1. The molecule has 0 aliphatic rings. The van der Waals surface area contributed by atoms with Crippen LogP contribution >= 0.6 is 0 Å². The lowest BCUT2D eigenvalue weighted by Crippen LogP contribution is -2.27. The molecular weight excluding hydrogens is 230 g/mol. The summed E-state index contributed by atoms with van der Waals surface area (Å²) in [5.41, 5.74) is 0.121. The molecule has 0 radical (unpaired) electrons. The maximum absolute atomic E-state index is 12.4. The second kappa shape index (κ2) is 5.52. The normalized spacial score (nSPS) is 11.9. The van der Waals surface area contributed by atoms with Crippen molar-refractivity contribution >= 4 is 5.78 Å². The molecule has 0 fully saturated rings. The van der Waals surface area contributed by atoms with E-state index in [9.17, 15) is 4.79 Å². The van der Waals surface area contributed by atoms with Crippen LogP contribution in [0.25, 0.3) is 0 Å². The summed E-state index contributed by atoms with van der Waals surface area (Å²) in [7, 11) is 5.55. The topological polar surface area (TPSA) is 47.4 Å². The third-order valence-corrected chi connectivity index (χ3v) is 2.68. The molecule has 0 unspecified atom stereocenters. The Bertz CT molecular complexity index is 416. The minimum Gasteiger partial charge on any atom is -0.493 e. The second-order valence-electron chi connectivity index (χ2n) is 5.67. The van der Waals surface area contributed by atoms with Crippen molar-refractivity contribution < 1.29 is 9.53 Å². The number of methoxy groups -OCH3 is 1. The number of carbonyl (C=O) groups is 1. The van der Waals surface area contributed by atoms with E-state index in [4.69, 9.17) is 4.74 Å². The highest BCUT2D eigenvalue weighted by Crippen LogP contribution is 2.27. The largest absolute Gasteiger partial charge is 0.493 e. The van der Waals surface area contributed by atoms with Gasteiger partial charge in [-0.1, -0.05) is 20.8 Å². The molecule has 5 heteroatoms. The molecule has 5 nitrogen and oxygen atoms in total. The molecule has 1 aromatic rings. The van der Waals surface area contributed by atoms with Crippen LogP contribution in [-0.4, -0.2) is 48.2 Å². The van der Waals surface area contributed by atoms with E-state index in [-0.39, 0.29) is 5.78 Å². The van der Waals surface area contributed by atoms with E-state index in [0.29, 0.717) is 18.0 Å². The Kier molecular flexibility index (Phi) is 4.51. The van der Waals surface area contributed by atoms with Gasteiger partial charge in [-0.2, -0.15) is 5.10 Å². The van der Waals surface area contributed by atoms with Gasteiger partial charge in [-0.15, -0.1) is 0 Å². The number of Topliss-reactive ketones (excluding diaryl/α,β-unsaturated/α-hetero) is 1. The van der Waals surface area contributed by atoms with Gasteiger partial charge in [0.1, 0.15) is 5.69 Å². The monoisotopic (exact) mass is 253 g/mol. The number of hydrogen-bond donors (Lipinski definition) is 0. The van der Waals surface area contributed by atoms with E-state index in [1.54, 1.807) is 18.0 Å². The zero-order chi connectivity index (χ0) is 13.9. The van der Waals surface area contributed by atoms with Crippen LogP contribution in [0.5, 0.6) is 5.75 Å². The van der Waals surface area contributed by atoms with Crippen LogP contribution in [0.1, 0.15) is 31.3 Å². The van der Waals surface area contributed by atoms with Crippen molar-refractivity contribution in [1.82, 2.24) is 14.7 Å². The summed E-state index contributed by atoms with van der Waals surface area (Å²) in [4.78, 5) is 14.5. The zero-order valence-electron chi connectivity index (χ0n) is 12.1. The first-order valence-electron chi connectivity index (χ1n) is 6.06. The SMILES string of the molecule is COc1cnn(CCN(C)C)c1C(=O)C(C)(C)C. The summed E-state index contributed by atoms with van der Waals surface area (Å²) in [6, 6.07) is 0. The van der Waals surface area contributed by atoms with Crippen LogP contribution in [0.4, 0.5) is 0 Å². The first-order chi connectivity index (χ1) is 8.27. The Labute approximate surface area is 109 Å². The van der Waals surface area contributed by atoms with Gasteiger partial charge in [-0.05, 0) is 14.1 Å². The second-order valence-corrected chi connectivity index (χ2v) is 5.67. The fourth-order valence-electron chi connectivity index (χ4n) is 1.57. The number of nitrogens with zero attached hydrogens (tertiary/aromatic N) is 3. The van der Waals surface area contributed by atoms with E-state index in [1.807, 2.05) is 34.9 Å². The van der Waals surface area contributed by atoms with E-state index in [2.05, 4.69) is 10.00 Å². The Morgan fingerprint density at radius 3 is 2.50 bits per heavy atom. The summed E-state index contributed by atoms with van der Waals surface area (Å²) in [6.45, 7) is 7.21. The molecule has 0 N–H and O–H groups in total. The Morgan fingerprint density at radius 2 is 2.06 bits per heavy atom. The van der Waals surface area contributed by atoms with E-state index in [0.717, 1.165) is 6.54 Å². The van der Waals surface area contributed by atoms with Gasteiger partial charge < -0.3 is 9.64 Å². The molecule has 0 bridgehead atoms. The number of carbonyl (C=O) groups excluding carboxylic acids is 1. The molecular formula is C13H23N3O2. The van der Waals surface area contributed by atoms with Crippen molar-refractivity contribution in [2.24, 2.45) is 5.41 Å². The lowest BCUT2D eigenvalue weighted by Gasteiger charge is -2.19. The van der Waals surface area contributed by atoms with Crippen molar-refractivity contribution in [2.45, 2.75) is 27.3 Å². The minimum absolute atomic E-state index is 0.0515. The lowest BCUT2D eigenvalue weighted by atomic mass is 9.88. The van der Waals surface area contributed by atoms with Gasteiger partial charge in [0.2, 0.25) is 0 Å². The molecule has 102 valence electrons.